The maximum Gasteiger partial charge on any atom is 0.326 e. The van der Waals surface area contributed by atoms with E-state index < -0.39 is 41.9 Å². The van der Waals surface area contributed by atoms with Crippen LogP contribution in [0.1, 0.15) is 24.0 Å². The summed E-state index contributed by atoms with van der Waals surface area (Å²) in [5, 5.41) is 23.3. The van der Waals surface area contributed by atoms with Gasteiger partial charge in [0.1, 0.15) is 12.1 Å². The standard InChI is InChI=1S/C23H27N3O6/c24-17(13-15-7-3-1-4-8-15)21(29)25-18(11-12-20(27)28)22(30)26-19(23(31)32)14-16-9-5-2-6-10-16/h1-10,17-19H,11-14,24H2,(H,25,29)(H,26,30)(H,27,28)(H,31,32)/t17-,18-,19-/m0/s1. The van der Waals surface area contributed by atoms with Gasteiger partial charge >= 0.3 is 11.9 Å². The van der Waals surface area contributed by atoms with E-state index >= 15 is 0 Å². The number of carboxylic acids is 2. The van der Waals surface area contributed by atoms with Crippen LogP contribution in [0.25, 0.3) is 0 Å². The van der Waals surface area contributed by atoms with E-state index in [2.05, 4.69) is 10.6 Å². The Labute approximate surface area is 185 Å². The van der Waals surface area contributed by atoms with Gasteiger partial charge in [0.2, 0.25) is 11.8 Å². The number of nitrogens with one attached hydrogen (secondary N) is 2. The van der Waals surface area contributed by atoms with Gasteiger partial charge in [-0.3, -0.25) is 14.4 Å². The van der Waals surface area contributed by atoms with Crippen molar-refractivity contribution >= 4 is 23.8 Å². The smallest absolute Gasteiger partial charge is 0.326 e. The number of hydrogen-bond donors (Lipinski definition) is 5. The summed E-state index contributed by atoms with van der Waals surface area (Å²) in [5.74, 6) is -3.81. The minimum Gasteiger partial charge on any atom is -0.481 e. The molecule has 2 aromatic rings. The Morgan fingerprint density at radius 2 is 1.25 bits per heavy atom. The van der Waals surface area contributed by atoms with Gasteiger partial charge in [0.25, 0.3) is 0 Å². The molecular weight excluding hydrogens is 414 g/mol. The van der Waals surface area contributed by atoms with Crippen LogP contribution in [0.4, 0.5) is 0 Å². The van der Waals surface area contributed by atoms with Crippen LogP contribution in [0.2, 0.25) is 0 Å². The summed E-state index contributed by atoms with van der Waals surface area (Å²) in [4.78, 5) is 47.9. The maximum atomic E-state index is 12.8. The topological polar surface area (TPSA) is 159 Å². The number of carbonyl (C=O) groups is 4. The van der Waals surface area contributed by atoms with Gasteiger partial charge in [0, 0.05) is 12.8 Å². The number of nitrogens with two attached hydrogens (primary N) is 1. The van der Waals surface area contributed by atoms with Gasteiger partial charge < -0.3 is 26.6 Å². The van der Waals surface area contributed by atoms with Crippen LogP contribution in [0, 0.1) is 0 Å². The number of hydrogen-bond acceptors (Lipinski definition) is 5. The van der Waals surface area contributed by atoms with Gasteiger partial charge in [-0.2, -0.15) is 0 Å². The summed E-state index contributed by atoms with van der Waals surface area (Å²) in [5.41, 5.74) is 7.49. The normalized spacial score (nSPS) is 13.4. The first-order valence-corrected chi connectivity index (χ1v) is 10.1. The van der Waals surface area contributed by atoms with Crippen LogP contribution < -0.4 is 16.4 Å². The Hall–Kier alpha value is -3.72. The highest BCUT2D eigenvalue weighted by Gasteiger charge is 2.28. The minimum absolute atomic E-state index is 0.0367. The molecule has 0 aliphatic carbocycles. The molecule has 0 radical (unpaired) electrons. The van der Waals surface area contributed by atoms with E-state index in [4.69, 9.17) is 10.8 Å². The van der Waals surface area contributed by atoms with E-state index in [1.807, 2.05) is 30.3 Å². The molecule has 6 N–H and O–H groups in total. The maximum absolute atomic E-state index is 12.8. The van der Waals surface area contributed by atoms with Crippen molar-refractivity contribution in [3.63, 3.8) is 0 Å². The fraction of sp³-hybridized carbons (Fsp3) is 0.304. The number of amides is 2. The fourth-order valence-corrected chi connectivity index (χ4v) is 3.10. The Morgan fingerprint density at radius 3 is 1.75 bits per heavy atom. The lowest BCUT2D eigenvalue weighted by molar-refractivity contribution is -0.143. The third-order valence-electron chi connectivity index (χ3n) is 4.81. The van der Waals surface area contributed by atoms with Crippen LogP contribution in [-0.2, 0) is 32.0 Å². The molecule has 9 nitrogen and oxygen atoms in total. The molecule has 0 aliphatic heterocycles. The largest absolute Gasteiger partial charge is 0.481 e. The first-order chi connectivity index (χ1) is 15.3. The van der Waals surface area contributed by atoms with Crippen LogP contribution in [0.3, 0.4) is 0 Å². The van der Waals surface area contributed by atoms with Crippen LogP contribution >= 0.6 is 0 Å². The minimum atomic E-state index is -1.24. The first kappa shape index (κ1) is 24.5. The number of carbonyl (C=O) groups excluding carboxylic acids is 2. The average molecular weight is 441 g/mol. The highest BCUT2D eigenvalue weighted by atomic mass is 16.4. The second-order valence-electron chi connectivity index (χ2n) is 7.38. The number of rotatable bonds is 12. The number of aliphatic carboxylic acids is 2. The van der Waals surface area contributed by atoms with E-state index in [1.165, 1.54) is 0 Å². The van der Waals surface area contributed by atoms with Crippen molar-refractivity contribution in [2.24, 2.45) is 5.73 Å². The Bertz CT molecular complexity index is 920. The molecule has 9 heteroatoms. The Kier molecular flexibility index (Phi) is 9.37. The molecule has 0 bridgehead atoms. The van der Waals surface area contributed by atoms with Gasteiger partial charge in [0.15, 0.2) is 0 Å². The molecule has 0 aromatic heterocycles. The molecule has 2 rings (SSSR count). The summed E-state index contributed by atoms with van der Waals surface area (Å²) in [6.07, 6.45) is -0.327. The Balaban J connectivity index is 2.06. The van der Waals surface area contributed by atoms with Crippen molar-refractivity contribution in [2.45, 2.75) is 43.8 Å². The summed E-state index contributed by atoms with van der Waals surface area (Å²) < 4.78 is 0. The SMILES string of the molecule is N[C@@H](Cc1ccccc1)C(=O)N[C@@H](CCC(=O)O)C(=O)N[C@@H](Cc1ccccc1)C(=O)O. The predicted octanol–water partition coefficient (Wildman–Crippen LogP) is 0.718. The fourth-order valence-electron chi connectivity index (χ4n) is 3.10. The Morgan fingerprint density at radius 1 is 0.750 bits per heavy atom. The van der Waals surface area contributed by atoms with Gasteiger partial charge in [-0.25, -0.2) is 4.79 Å². The van der Waals surface area contributed by atoms with Gasteiger partial charge in [-0.1, -0.05) is 60.7 Å². The van der Waals surface area contributed by atoms with Crippen molar-refractivity contribution in [1.29, 1.82) is 0 Å². The van der Waals surface area contributed by atoms with Gasteiger partial charge in [0.05, 0.1) is 6.04 Å². The molecule has 0 saturated heterocycles. The average Bonchev–Trinajstić information content (AvgIpc) is 2.77. The molecule has 0 unspecified atom stereocenters. The summed E-state index contributed by atoms with van der Waals surface area (Å²) >= 11 is 0. The molecule has 0 aliphatic rings. The van der Waals surface area contributed by atoms with Crippen LogP contribution in [0.5, 0.6) is 0 Å². The van der Waals surface area contributed by atoms with E-state index in [1.54, 1.807) is 30.3 Å². The van der Waals surface area contributed by atoms with Crippen LogP contribution in [-0.4, -0.2) is 52.1 Å². The van der Waals surface area contributed by atoms with Gasteiger partial charge in [-0.05, 0) is 24.0 Å². The molecule has 170 valence electrons. The lowest BCUT2D eigenvalue weighted by atomic mass is 10.0. The van der Waals surface area contributed by atoms with Crippen LogP contribution in [0.15, 0.2) is 60.7 Å². The van der Waals surface area contributed by atoms with E-state index in [0.29, 0.717) is 5.56 Å². The third kappa shape index (κ3) is 8.19. The van der Waals surface area contributed by atoms with Crippen molar-refractivity contribution in [1.82, 2.24) is 10.6 Å². The molecule has 2 amide bonds. The zero-order valence-electron chi connectivity index (χ0n) is 17.4. The molecule has 0 saturated carbocycles. The van der Waals surface area contributed by atoms with Crippen molar-refractivity contribution in [3.8, 4) is 0 Å². The second kappa shape index (κ2) is 12.2. The van der Waals surface area contributed by atoms with Crippen molar-refractivity contribution in [3.05, 3.63) is 71.8 Å². The molecule has 2 aromatic carbocycles. The molecule has 3 atom stereocenters. The van der Waals surface area contributed by atoms with Gasteiger partial charge in [-0.15, -0.1) is 0 Å². The van der Waals surface area contributed by atoms with Crippen molar-refractivity contribution in [2.75, 3.05) is 0 Å². The number of benzene rings is 2. The zero-order valence-corrected chi connectivity index (χ0v) is 17.4. The highest BCUT2D eigenvalue weighted by molar-refractivity contribution is 5.92. The lowest BCUT2D eigenvalue weighted by Gasteiger charge is -2.22. The number of carboxylic acid groups (broad SMARTS) is 2. The predicted molar refractivity (Wildman–Crippen MR) is 117 cm³/mol. The highest BCUT2D eigenvalue weighted by Crippen LogP contribution is 2.07. The molecule has 32 heavy (non-hydrogen) atoms. The monoisotopic (exact) mass is 441 g/mol. The summed E-state index contributed by atoms with van der Waals surface area (Å²) in [6, 6.07) is 14.4. The quantitative estimate of drug-likeness (QED) is 0.324. The third-order valence-corrected chi connectivity index (χ3v) is 4.81. The lowest BCUT2D eigenvalue weighted by Crippen LogP contribution is -2.55. The molecule has 0 fully saturated rings. The van der Waals surface area contributed by atoms with E-state index in [-0.39, 0.29) is 25.7 Å². The summed E-state index contributed by atoms with van der Waals surface area (Å²) in [6.45, 7) is 0. The molecule has 0 spiro atoms. The molecular formula is C23H27N3O6. The first-order valence-electron chi connectivity index (χ1n) is 10.1. The van der Waals surface area contributed by atoms with E-state index in [9.17, 15) is 24.3 Å². The van der Waals surface area contributed by atoms with E-state index in [0.717, 1.165) is 5.56 Å². The zero-order chi connectivity index (χ0) is 23.5. The second-order valence-corrected chi connectivity index (χ2v) is 7.38. The summed E-state index contributed by atoms with van der Waals surface area (Å²) in [7, 11) is 0. The van der Waals surface area contributed by atoms with Crippen molar-refractivity contribution < 1.29 is 29.4 Å². The molecule has 0 heterocycles.